The summed E-state index contributed by atoms with van der Waals surface area (Å²) in [6.07, 6.45) is 1.56. The van der Waals surface area contributed by atoms with Gasteiger partial charge in [0, 0.05) is 23.0 Å². The van der Waals surface area contributed by atoms with E-state index in [1.807, 2.05) is 0 Å². The van der Waals surface area contributed by atoms with E-state index in [2.05, 4.69) is 10.3 Å². The van der Waals surface area contributed by atoms with Gasteiger partial charge in [-0.15, -0.1) is 0 Å². The van der Waals surface area contributed by atoms with E-state index < -0.39 is 5.97 Å². The minimum absolute atomic E-state index is 0.0723. The van der Waals surface area contributed by atoms with Crippen molar-refractivity contribution in [3.63, 3.8) is 0 Å². The molecular weight excluding hydrogens is 440 g/mol. The summed E-state index contributed by atoms with van der Waals surface area (Å²) in [5, 5.41) is 3.82. The number of ether oxygens (including phenoxy) is 3. The molecule has 7 nitrogen and oxygen atoms in total. The number of aromatic nitrogens is 1. The number of amides is 1. The molecule has 1 amide bonds. The topological polar surface area (TPSA) is 86.8 Å². The lowest BCUT2D eigenvalue weighted by atomic mass is 10.2. The second kappa shape index (κ2) is 9.72. The van der Waals surface area contributed by atoms with Gasteiger partial charge < -0.3 is 19.5 Å². The van der Waals surface area contributed by atoms with E-state index in [0.717, 1.165) is 17.3 Å². The summed E-state index contributed by atoms with van der Waals surface area (Å²) >= 11 is 7.02. The fourth-order valence-electron chi connectivity index (χ4n) is 2.77. The Morgan fingerprint density at radius 3 is 2.74 bits per heavy atom. The van der Waals surface area contributed by atoms with Gasteiger partial charge in [-0.1, -0.05) is 35.5 Å². The van der Waals surface area contributed by atoms with E-state index in [1.165, 1.54) is 0 Å². The lowest BCUT2D eigenvalue weighted by molar-refractivity contribution is -0.113. The summed E-state index contributed by atoms with van der Waals surface area (Å²) in [4.78, 5) is 29.1. The van der Waals surface area contributed by atoms with Crippen LogP contribution in [0.4, 0.5) is 5.69 Å². The van der Waals surface area contributed by atoms with Crippen molar-refractivity contribution in [1.29, 1.82) is 0 Å². The molecule has 2 heterocycles. The van der Waals surface area contributed by atoms with Crippen LogP contribution in [0.15, 0.2) is 65.8 Å². The minimum Gasteiger partial charge on any atom is -0.457 e. The molecule has 0 spiro atoms. The van der Waals surface area contributed by atoms with E-state index >= 15 is 0 Å². The molecule has 2 aromatic carbocycles. The first kappa shape index (κ1) is 21.0. The number of hydrogen-bond acceptors (Lipinski definition) is 7. The van der Waals surface area contributed by atoms with Crippen LogP contribution in [0.3, 0.4) is 0 Å². The molecule has 4 rings (SSSR count). The maximum Gasteiger partial charge on any atom is 0.341 e. The zero-order chi connectivity index (χ0) is 21.6. The molecule has 0 radical (unpaired) electrons. The van der Waals surface area contributed by atoms with Gasteiger partial charge in [-0.3, -0.25) is 4.79 Å². The molecule has 0 atom stereocenters. The molecule has 158 valence electrons. The number of pyridine rings is 1. The largest absolute Gasteiger partial charge is 0.457 e. The average molecular weight is 457 g/mol. The van der Waals surface area contributed by atoms with Crippen LogP contribution in [0.2, 0.25) is 5.02 Å². The van der Waals surface area contributed by atoms with Gasteiger partial charge in [0.25, 0.3) is 0 Å². The van der Waals surface area contributed by atoms with Gasteiger partial charge in [-0.05, 0) is 42.0 Å². The number of hydrogen-bond donors (Lipinski definition) is 1. The predicted octanol–water partition coefficient (Wildman–Crippen LogP) is 4.55. The number of rotatable bonds is 7. The average Bonchev–Trinajstić information content (AvgIpc) is 3.25. The predicted molar refractivity (Wildman–Crippen MR) is 117 cm³/mol. The van der Waals surface area contributed by atoms with Crippen molar-refractivity contribution in [3.05, 3.63) is 76.9 Å². The molecule has 1 N–H and O–H groups in total. The Balaban J connectivity index is 1.34. The molecule has 9 heteroatoms. The van der Waals surface area contributed by atoms with Gasteiger partial charge in [-0.25, -0.2) is 9.78 Å². The molecule has 1 aliphatic rings. The van der Waals surface area contributed by atoms with E-state index in [1.54, 1.807) is 60.8 Å². The van der Waals surface area contributed by atoms with Gasteiger partial charge in [0.15, 0.2) is 11.5 Å². The van der Waals surface area contributed by atoms with Crippen LogP contribution in [0.1, 0.15) is 15.9 Å². The Hall–Kier alpha value is -3.23. The lowest BCUT2D eigenvalue weighted by Crippen LogP contribution is -2.15. The van der Waals surface area contributed by atoms with Gasteiger partial charge in [0.2, 0.25) is 12.7 Å². The highest BCUT2D eigenvalue weighted by molar-refractivity contribution is 8.00. The van der Waals surface area contributed by atoms with Crippen LogP contribution in [0.25, 0.3) is 0 Å². The Bertz CT molecular complexity index is 1110. The van der Waals surface area contributed by atoms with Crippen molar-refractivity contribution < 1.29 is 23.8 Å². The lowest BCUT2D eigenvalue weighted by Gasteiger charge is -2.09. The number of carbonyl (C=O) groups excluding carboxylic acids is 2. The maximum absolute atomic E-state index is 12.5. The van der Waals surface area contributed by atoms with E-state index in [4.69, 9.17) is 25.8 Å². The number of halogens is 1. The van der Waals surface area contributed by atoms with Gasteiger partial charge in [-0.2, -0.15) is 0 Å². The number of nitrogens with one attached hydrogen (secondary N) is 1. The summed E-state index contributed by atoms with van der Waals surface area (Å²) in [6.45, 7) is 0.277. The number of esters is 1. The summed E-state index contributed by atoms with van der Waals surface area (Å²) < 4.78 is 15.9. The molecule has 0 saturated heterocycles. The first-order chi connectivity index (χ1) is 15.1. The third-order valence-corrected chi connectivity index (χ3v) is 5.53. The van der Waals surface area contributed by atoms with Crippen LogP contribution < -0.4 is 14.8 Å². The zero-order valence-electron chi connectivity index (χ0n) is 16.2. The fourth-order valence-corrected chi connectivity index (χ4v) is 3.68. The fraction of sp³-hybridized carbons (Fsp3) is 0.136. The molecule has 0 fully saturated rings. The van der Waals surface area contributed by atoms with Crippen LogP contribution in [-0.2, 0) is 16.1 Å². The van der Waals surface area contributed by atoms with Crippen molar-refractivity contribution in [2.24, 2.45) is 0 Å². The first-order valence-corrected chi connectivity index (χ1v) is 10.6. The second-order valence-corrected chi connectivity index (χ2v) is 7.86. The summed E-state index contributed by atoms with van der Waals surface area (Å²) in [5.41, 5.74) is 1.72. The maximum atomic E-state index is 12.5. The monoisotopic (exact) mass is 456 g/mol. The third-order valence-electron chi connectivity index (χ3n) is 4.27. The number of benzene rings is 2. The highest BCUT2D eigenvalue weighted by Gasteiger charge is 2.17. The number of thioether (sulfide) groups is 1. The van der Waals surface area contributed by atoms with Crippen LogP contribution in [-0.4, -0.2) is 29.4 Å². The summed E-state index contributed by atoms with van der Waals surface area (Å²) in [7, 11) is 0. The Morgan fingerprint density at radius 2 is 1.90 bits per heavy atom. The van der Waals surface area contributed by atoms with Gasteiger partial charge in [0.05, 0.1) is 11.3 Å². The van der Waals surface area contributed by atoms with Crippen molar-refractivity contribution >= 4 is 40.9 Å². The molecule has 0 bridgehead atoms. The van der Waals surface area contributed by atoms with E-state index in [0.29, 0.717) is 32.8 Å². The summed E-state index contributed by atoms with van der Waals surface area (Å²) in [5.74, 6) is 0.545. The standard InChI is InChI=1S/C22H17ClN2O5S/c23-15-5-3-14(4-6-15)11-28-22(27)17-2-1-9-24-21(17)31-12-20(26)25-16-7-8-18-19(10-16)30-13-29-18/h1-10H,11-13H2,(H,25,26). The second-order valence-electron chi connectivity index (χ2n) is 6.46. The van der Waals surface area contributed by atoms with Crippen molar-refractivity contribution in [2.75, 3.05) is 17.9 Å². The van der Waals surface area contributed by atoms with Crippen LogP contribution >= 0.6 is 23.4 Å². The van der Waals surface area contributed by atoms with Crippen LogP contribution in [0.5, 0.6) is 11.5 Å². The normalized spacial score (nSPS) is 11.8. The molecule has 0 saturated carbocycles. The third kappa shape index (κ3) is 5.48. The van der Waals surface area contributed by atoms with Gasteiger partial charge in [0.1, 0.15) is 11.6 Å². The number of nitrogens with zero attached hydrogens (tertiary/aromatic N) is 1. The number of fused-ring (bicyclic) bond motifs is 1. The summed E-state index contributed by atoms with van der Waals surface area (Å²) in [6, 6.07) is 15.5. The molecule has 31 heavy (non-hydrogen) atoms. The van der Waals surface area contributed by atoms with Crippen molar-refractivity contribution in [2.45, 2.75) is 11.6 Å². The van der Waals surface area contributed by atoms with E-state index in [-0.39, 0.29) is 25.1 Å². The Morgan fingerprint density at radius 1 is 1.10 bits per heavy atom. The molecule has 0 aliphatic carbocycles. The molecule has 1 aliphatic heterocycles. The SMILES string of the molecule is O=C(CSc1ncccc1C(=O)OCc1ccc(Cl)cc1)Nc1ccc2c(c1)OCO2. The zero-order valence-corrected chi connectivity index (χ0v) is 17.7. The number of anilines is 1. The first-order valence-electron chi connectivity index (χ1n) is 9.27. The molecule has 3 aromatic rings. The smallest absolute Gasteiger partial charge is 0.341 e. The molecular formula is C22H17ClN2O5S. The Kier molecular flexibility index (Phi) is 6.59. The molecule has 0 unspecified atom stereocenters. The number of carbonyl (C=O) groups is 2. The van der Waals surface area contributed by atoms with Crippen molar-refractivity contribution in [1.82, 2.24) is 4.98 Å². The highest BCUT2D eigenvalue weighted by atomic mass is 35.5. The van der Waals surface area contributed by atoms with Crippen LogP contribution in [0, 0.1) is 0 Å². The Labute approximate surface area is 187 Å². The molecule has 1 aromatic heterocycles. The van der Waals surface area contributed by atoms with Gasteiger partial charge >= 0.3 is 5.97 Å². The quantitative estimate of drug-likeness (QED) is 0.412. The van der Waals surface area contributed by atoms with Crippen molar-refractivity contribution in [3.8, 4) is 11.5 Å². The van der Waals surface area contributed by atoms with E-state index in [9.17, 15) is 9.59 Å². The minimum atomic E-state index is -0.512. The highest BCUT2D eigenvalue weighted by Crippen LogP contribution is 2.34.